The Kier molecular flexibility index (Phi) is 7.27. The van der Waals surface area contributed by atoms with Crippen molar-refractivity contribution < 1.29 is 17.6 Å². The summed E-state index contributed by atoms with van der Waals surface area (Å²) in [6.07, 6.45) is 1.48. The van der Waals surface area contributed by atoms with Crippen molar-refractivity contribution in [2.45, 2.75) is 19.9 Å². The molecule has 144 valence electrons. The highest BCUT2D eigenvalue weighted by Crippen LogP contribution is 2.10. The first kappa shape index (κ1) is 20.8. The van der Waals surface area contributed by atoms with Gasteiger partial charge < -0.3 is 4.90 Å². The minimum Gasteiger partial charge on any atom is -0.341 e. The van der Waals surface area contributed by atoms with Gasteiger partial charge in [0.25, 0.3) is 0 Å². The van der Waals surface area contributed by atoms with Gasteiger partial charge in [0.1, 0.15) is 5.82 Å². The fraction of sp³-hybridized carbons (Fsp3) is 0.250. The van der Waals surface area contributed by atoms with Gasteiger partial charge in [-0.25, -0.2) is 17.5 Å². The fourth-order valence-electron chi connectivity index (χ4n) is 2.36. The summed E-state index contributed by atoms with van der Waals surface area (Å²) in [4.78, 5) is 13.5. The molecule has 0 unspecified atom stereocenters. The molecule has 0 atom stereocenters. The standard InChI is InChI=1S/C20H23FN2O3S/c1-16-7-9-17(10-8-16)12-14-27(25,26)22-13-11-20(24)23(2)15-18-5-3-4-6-19(18)21/h3-10,12,14,22H,11,13,15H2,1-2H3/b14-12+. The molecule has 1 N–H and O–H groups in total. The maximum atomic E-state index is 13.6. The zero-order chi connectivity index (χ0) is 19.9. The lowest BCUT2D eigenvalue weighted by Gasteiger charge is -2.17. The van der Waals surface area contributed by atoms with E-state index in [4.69, 9.17) is 0 Å². The Morgan fingerprint density at radius 3 is 2.48 bits per heavy atom. The molecule has 0 aromatic heterocycles. The third-order valence-electron chi connectivity index (χ3n) is 3.95. The predicted octanol–water partition coefficient (Wildman–Crippen LogP) is 3.07. The number of benzene rings is 2. The van der Waals surface area contributed by atoms with Crippen LogP contribution in [0.5, 0.6) is 0 Å². The van der Waals surface area contributed by atoms with Crippen LogP contribution >= 0.6 is 0 Å². The van der Waals surface area contributed by atoms with E-state index in [1.165, 1.54) is 17.0 Å². The van der Waals surface area contributed by atoms with Crippen molar-refractivity contribution in [2.75, 3.05) is 13.6 Å². The fourth-order valence-corrected chi connectivity index (χ4v) is 3.17. The van der Waals surface area contributed by atoms with E-state index >= 15 is 0 Å². The molecule has 2 rings (SSSR count). The largest absolute Gasteiger partial charge is 0.341 e. The molecule has 2 aromatic carbocycles. The zero-order valence-electron chi connectivity index (χ0n) is 15.4. The van der Waals surface area contributed by atoms with Crippen LogP contribution in [0.2, 0.25) is 0 Å². The molecule has 0 spiro atoms. The minimum absolute atomic E-state index is 0.0114. The van der Waals surface area contributed by atoms with E-state index < -0.39 is 10.0 Å². The normalized spacial score (nSPS) is 11.7. The molecule has 0 heterocycles. The van der Waals surface area contributed by atoms with Gasteiger partial charge >= 0.3 is 0 Å². The van der Waals surface area contributed by atoms with Crippen LogP contribution in [-0.2, 0) is 21.4 Å². The first-order valence-electron chi connectivity index (χ1n) is 8.48. The van der Waals surface area contributed by atoms with E-state index in [2.05, 4.69) is 4.72 Å². The smallest absolute Gasteiger partial charge is 0.233 e. The molecule has 0 saturated carbocycles. The number of hydrogen-bond donors (Lipinski definition) is 1. The maximum Gasteiger partial charge on any atom is 0.233 e. The van der Waals surface area contributed by atoms with E-state index in [-0.39, 0.29) is 31.2 Å². The minimum atomic E-state index is -3.64. The van der Waals surface area contributed by atoms with Crippen molar-refractivity contribution in [1.29, 1.82) is 0 Å². The lowest BCUT2D eigenvalue weighted by molar-refractivity contribution is -0.130. The molecule has 0 aliphatic heterocycles. The lowest BCUT2D eigenvalue weighted by Crippen LogP contribution is -2.31. The van der Waals surface area contributed by atoms with Crippen LogP contribution in [-0.4, -0.2) is 32.8 Å². The first-order chi connectivity index (χ1) is 12.8. The summed E-state index contributed by atoms with van der Waals surface area (Å²) in [5.74, 6) is -0.650. The summed E-state index contributed by atoms with van der Waals surface area (Å²) in [5.41, 5.74) is 2.27. The highest BCUT2D eigenvalue weighted by Gasteiger charge is 2.13. The second-order valence-electron chi connectivity index (χ2n) is 6.24. The molecule has 5 nitrogen and oxygen atoms in total. The molecule has 7 heteroatoms. The van der Waals surface area contributed by atoms with E-state index in [1.807, 2.05) is 31.2 Å². The molecule has 0 fully saturated rings. The van der Waals surface area contributed by atoms with Crippen LogP contribution in [0, 0.1) is 12.7 Å². The number of amides is 1. The van der Waals surface area contributed by atoms with Crippen molar-refractivity contribution in [1.82, 2.24) is 9.62 Å². The van der Waals surface area contributed by atoms with Gasteiger partial charge in [-0.3, -0.25) is 4.79 Å². The molecule has 0 bridgehead atoms. The zero-order valence-corrected chi connectivity index (χ0v) is 16.2. The highest BCUT2D eigenvalue weighted by atomic mass is 32.2. The van der Waals surface area contributed by atoms with Crippen LogP contribution < -0.4 is 4.72 Å². The van der Waals surface area contributed by atoms with Gasteiger partial charge in [0, 0.05) is 37.5 Å². The maximum absolute atomic E-state index is 13.6. The third kappa shape index (κ3) is 6.96. The summed E-state index contributed by atoms with van der Waals surface area (Å²) in [6.45, 7) is 2.05. The first-order valence-corrected chi connectivity index (χ1v) is 10.0. The number of aryl methyl sites for hydroxylation is 1. The molecular weight excluding hydrogens is 367 g/mol. The number of hydrogen-bond acceptors (Lipinski definition) is 3. The Morgan fingerprint density at radius 2 is 1.81 bits per heavy atom. The quantitative estimate of drug-likeness (QED) is 0.753. The molecule has 2 aromatic rings. The molecule has 0 aliphatic carbocycles. The van der Waals surface area contributed by atoms with Crippen LogP contribution in [0.3, 0.4) is 0 Å². The number of halogens is 1. The second kappa shape index (κ2) is 9.43. The summed E-state index contributed by atoms with van der Waals surface area (Å²) in [5, 5.41) is 1.07. The van der Waals surface area contributed by atoms with Gasteiger partial charge in [0.05, 0.1) is 0 Å². The number of carbonyl (C=O) groups excluding carboxylic acids is 1. The second-order valence-corrected chi connectivity index (χ2v) is 7.89. The Bertz CT molecular complexity index is 909. The average molecular weight is 390 g/mol. The van der Waals surface area contributed by atoms with Crippen LogP contribution in [0.4, 0.5) is 4.39 Å². The third-order valence-corrected chi connectivity index (χ3v) is 5.05. The number of sulfonamides is 1. The monoisotopic (exact) mass is 390 g/mol. The van der Waals surface area contributed by atoms with E-state index in [0.717, 1.165) is 16.5 Å². The molecule has 27 heavy (non-hydrogen) atoms. The summed E-state index contributed by atoms with van der Waals surface area (Å²) >= 11 is 0. The van der Waals surface area contributed by atoms with Gasteiger partial charge in [0.2, 0.25) is 15.9 Å². The number of nitrogens with one attached hydrogen (secondary N) is 1. The van der Waals surface area contributed by atoms with Gasteiger partial charge in [-0.1, -0.05) is 48.0 Å². The SMILES string of the molecule is Cc1ccc(/C=C/S(=O)(=O)NCCC(=O)N(C)Cc2ccccc2F)cc1. The van der Waals surface area contributed by atoms with Crippen LogP contribution in [0.15, 0.2) is 53.9 Å². The Balaban J connectivity index is 1.82. The molecule has 0 aliphatic rings. The Morgan fingerprint density at radius 1 is 1.15 bits per heavy atom. The van der Waals surface area contributed by atoms with Crippen LogP contribution in [0.25, 0.3) is 6.08 Å². The average Bonchev–Trinajstić information content (AvgIpc) is 2.63. The lowest BCUT2D eigenvalue weighted by atomic mass is 10.2. The molecule has 1 amide bonds. The number of rotatable bonds is 8. The Labute approximate surface area is 159 Å². The molecular formula is C20H23FN2O3S. The van der Waals surface area contributed by atoms with Gasteiger partial charge in [0.15, 0.2) is 0 Å². The number of carbonyl (C=O) groups is 1. The summed E-state index contributed by atoms with van der Waals surface area (Å²) in [6, 6.07) is 13.7. The Hall–Kier alpha value is -2.51. The van der Waals surface area contributed by atoms with Gasteiger partial charge in [-0.05, 0) is 24.6 Å². The van der Waals surface area contributed by atoms with Gasteiger partial charge in [-0.15, -0.1) is 0 Å². The van der Waals surface area contributed by atoms with Gasteiger partial charge in [-0.2, -0.15) is 0 Å². The topological polar surface area (TPSA) is 66.5 Å². The predicted molar refractivity (Wildman–Crippen MR) is 105 cm³/mol. The summed E-state index contributed by atoms with van der Waals surface area (Å²) in [7, 11) is -2.08. The van der Waals surface area contributed by atoms with E-state index in [9.17, 15) is 17.6 Å². The number of nitrogens with zero attached hydrogens (tertiary/aromatic N) is 1. The van der Waals surface area contributed by atoms with Crippen LogP contribution in [0.1, 0.15) is 23.1 Å². The van der Waals surface area contributed by atoms with Crippen molar-refractivity contribution >= 4 is 22.0 Å². The molecule has 0 saturated heterocycles. The summed E-state index contributed by atoms with van der Waals surface area (Å²) < 4.78 is 40.0. The molecule has 0 radical (unpaired) electrons. The highest BCUT2D eigenvalue weighted by molar-refractivity contribution is 7.92. The van der Waals surface area contributed by atoms with Crippen molar-refractivity contribution in [3.05, 3.63) is 76.4 Å². The van der Waals surface area contributed by atoms with Crippen molar-refractivity contribution in [2.24, 2.45) is 0 Å². The van der Waals surface area contributed by atoms with E-state index in [0.29, 0.717) is 5.56 Å². The van der Waals surface area contributed by atoms with Crippen molar-refractivity contribution in [3.8, 4) is 0 Å². The van der Waals surface area contributed by atoms with Crippen molar-refractivity contribution in [3.63, 3.8) is 0 Å². The van der Waals surface area contributed by atoms with E-state index in [1.54, 1.807) is 25.2 Å².